The van der Waals surface area contributed by atoms with Crippen LogP contribution in [0.5, 0.6) is 0 Å². The summed E-state index contributed by atoms with van der Waals surface area (Å²) in [5.74, 6) is -0.510. The number of rotatable bonds is 6. The maximum atomic E-state index is 11.9. The molecular formula is C10H18N5Na3O11P2. The summed E-state index contributed by atoms with van der Waals surface area (Å²) < 4.78 is 35.0. The Hall–Kier alpha value is 2.45. The Balaban J connectivity index is 0.00000300. The van der Waals surface area contributed by atoms with E-state index in [1.165, 1.54) is 4.90 Å². The number of fused-ring (bicyclic) bond motifs is 1. The van der Waals surface area contributed by atoms with Crippen molar-refractivity contribution in [3.8, 4) is 0 Å². The molecule has 0 aromatic heterocycles. The molecule has 3 aliphatic rings. The van der Waals surface area contributed by atoms with Gasteiger partial charge < -0.3 is 39.3 Å². The Kier molecular flexibility index (Phi) is 14.2. The first-order chi connectivity index (χ1) is 12.9. The number of hydrogen-bond donors (Lipinski definition) is 6. The summed E-state index contributed by atoms with van der Waals surface area (Å²) >= 11 is 0. The fourth-order valence-electron chi connectivity index (χ4n) is 3.16. The molecule has 0 bridgehead atoms. The third kappa shape index (κ3) is 8.51. The smallest absolute Gasteiger partial charge is 0.861 e. The average molecular weight is 515 g/mol. The molecule has 2 fully saturated rings. The molecule has 31 heavy (non-hydrogen) atoms. The number of aliphatic hydroxyl groups is 2. The second-order valence-electron chi connectivity index (χ2n) is 6.22. The van der Waals surface area contributed by atoms with Crippen LogP contribution in [0.1, 0.15) is 0 Å². The van der Waals surface area contributed by atoms with Gasteiger partial charge in [-0.15, -0.1) is 0 Å². The van der Waals surface area contributed by atoms with E-state index in [9.17, 15) is 39.1 Å². The van der Waals surface area contributed by atoms with Gasteiger partial charge in [-0.1, -0.05) is 0 Å². The van der Waals surface area contributed by atoms with Crippen molar-refractivity contribution < 1.29 is 141 Å². The zero-order valence-corrected chi connectivity index (χ0v) is 24.7. The number of hydrogen-bond acceptors (Lipinski definition) is 15. The molecule has 7 N–H and O–H groups in total. The van der Waals surface area contributed by atoms with E-state index >= 15 is 0 Å². The normalized spacial score (nSPS) is 37.5. The van der Waals surface area contributed by atoms with Gasteiger partial charge in [0.05, 0.1) is 33.3 Å². The Morgan fingerprint density at radius 1 is 1.26 bits per heavy atom. The molecule has 162 valence electrons. The Morgan fingerprint density at radius 2 is 1.87 bits per heavy atom. The maximum absolute atomic E-state index is 11.9. The number of phosphoric acid groups is 2. The number of aliphatic hydroxyl groups excluding tert-OH is 2. The van der Waals surface area contributed by atoms with Gasteiger partial charge in [-0.05, 0) is 5.90 Å². The molecular weight excluding hydrogens is 497 g/mol. The van der Waals surface area contributed by atoms with Crippen molar-refractivity contribution in [1.29, 1.82) is 0 Å². The van der Waals surface area contributed by atoms with Gasteiger partial charge in [0, 0.05) is 0 Å². The van der Waals surface area contributed by atoms with E-state index in [-0.39, 0.29) is 95.3 Å². The third-order valence-corrected chi connectivity index (χ3v) is 6.41. The Morgan fingerprint density at radius 3 is 2.45 bits per heavy atom. The van der Waals surface area contributed by atoms with Gasteiger partial charge >= 0.3 is 96.5 Å². The SMILES string of the molecule is NC1N=C([O-])C2NCN([C@@H]3O[C@H](COP(=O)(O)OP(=O)([O-])[O-])[C@@H](O)[C@H]3O)C2N1.[Na+].[Na+].[Na+]. The molecule has 0 aromatic rings. The molecule has 2 saturated heterocycles. The quantitative estimate of drug-likeness (QED) is 0.142. The van der Waals surface area contributed by atoms with Crippen molar-refractivity contribution in [1.82, 2.24) is 15.5 Å². The second kappa shape index (κ2) is 13.1. The minimum Gasteiger partial charge on any atom is -0.861 e. The van der Waals surface area contributed by atoms with Crippen LogP contribution in [-0.2, 0) is 22.7 Å². The van der Waals surface area contributed by atoms with E-state index in [1.54, 1.807) is 0 Å². The van der Waals surface area contributed by atoms with E-state index in [0.29, 0.717) is 0 Å². The number of nitrogens with two attached hydrogens (primary N) is 1. The van der Waals surface area contributed by atoms with Gasteiger partial charge in [0.1, 0.15) is 24.5 Å². The van der Waals surface area contributed by atoms with Gasteiger partial charge in [0.2, 0.25) is 0 Å². The van der Waals surface area contributed by atoms with Crippen molar-refractivity contribution in [3.05, 3.63) is 0 Å². The van der Waals surface area contributed by atoms with Crippen molar-refractivity contribution in [3.63, 3.8) is 0 Å². The van der Waals surface area contributed by atoms with Crippen LogP contribution in [0.4, 0.5) is 0 Å². The summed E-state index contributed by atoms with van der Waals surface area (Å²) in [6.07, 6.45) is -7.38. The van der Waals surface area contributed by atoms with Crippen LogP contribution in [0, 0.1) is 0 Å². The number of nitrogens with zero attached hydrogens (tertiary/aromatic N) is 2. The monoisotopic (exact) mass is 515 g/mol. The first-order valence-corrected chi connectivity index (χ1v) is 10.8. The number of phosphoric ester groups is 1. The molecule has 0 aromatic carbocycles. The third-order valence-electron chi connectivity index (χ3n) is 4.31. The van der Waals surface area contributed by atoms with E-state index in [4.69, 9.17) is 10.5 Å². The molecule has 4 unspecified atom stereocenters. The minimum atomic E-state index is -5.80. The van der Waals surface area contributed by atoms with Gasteiger partial charge in [-0.25, -0.2) is 9.46 Å². The first kappa shape index (κ1) is 33.4. The average Bonchev–Trinajstić information content (AvgIpc) is 3.06. The molecule has 0 aliphatic carbocycles. The molecule has 0 amide bonds. The van der Waals surface area contributed by atoms with Crippen molar-refractivity contribution >= 4 is 21.5 Å². The summed E-state index contributed by atoms with van der Waals surface area (Å²) in [5, 5.41) is 37.9. The van der Waals surface area contributed by atoms with E-state index in [0.717, 1.165) is 0 Å². The molecule has 3 heterocycles. The summed E-state index contributed by atoms with van der Waals surface area (Å²) in [6, 6.07) is -0.766. The molecule has 0 radical (unpaired) electrons. The van der Waals surface area contributed by atoms with Crippen LogP contribution in [0.2, 0.25) is 0 Å². The van der Waals surface area contributed by atoms with Crippen molar-refractivity contribution in [2.24, 2.45) is 10.7 Å². The second-order valence-corrected chi connectivity index (χ2v) is 8.96. The van der Waals surface area contributed by atoms with Crippen LogP contribution < -0.4 is 120 Å². The molecule has 0 saturated carbocycles. The van der Waals surface area contributed by atoms with Crippen LogP contribution in [0.3, 0.4) is 0 Å². The summed E-state index contributed by atoms with van der Waals surface area (Å²) in [5.41, 5.74) is 5.60. The predicted octanol–water partition coefficient (Wildman–Crippen LogP) is -15.4. The standard InChI is InChI=1S/C10H21N5O11P2.3Na/c11-10-13-7-4(8(18)14-10)12-2-15(7)9-6(17)5(16)3(25-9)1-24-28(22,23)26-27(19,20)21;;;/h3-7,9-10,12-13,16-17H,1-2,11H2,(H,14,18)(H,22,23)(H2,19,20,21);;;/q;3*+1/p-3/t3-,4?,5-,6-,7?,9-,10?;;;/m1.../s1. The minimum absolute atomic E-state index is 0. The molecule has 8 atom stereocenters. The summed E-state index contributed by atoms with van der Waals surface area (Å²) in [6.45, 7) is -0.825. The first-order valence-electron chi connectivity index (χ1n) is 7.86. The van der Waals surface area contributed by atoms with Gasteiger partial charge in [-0.2, -0.15) is 0 Å². The van der Waals surface area contributed by atoms with Crippen LogP contribution in [0.25, 0.3) is 0 Å². The Labute approximate surface area is 243 Å². The van der Waals surface area contributed by atoms with Crippen LogP contribution in [0.15, 0.2) is 4.99 Å². The predicted molar refractivity (Wildman–Crippen MR) is 81.1 cm³/mol. The van der Waals surface area contributed by atoms with E-state index in [1.807, 2.05) is 0 Å². The topological polar surface area (TPSA) is 257 Å². The van der Waals surface area contributed by atoms with Crippen molar-refractivity contribution in [2.45, 2.75) is 43.0 Å². The van der Waals surface area contributed by atoms with Crippen LogP contribution in [-0.4, -0.2) is 82.2 Å². The van der Waals surface area contributed by atoms with Crippen molar-refractivity contribution in [2.75, 3.05) is 13.3 Å². The number of nitrogens with one attached hydrogen (secondary N) is 2. The number of ether oxygens (including phenoxy) is 1. The molecule has 21 heteroatoms. The fourth-order valence-corrected chi connectivity index (χ4v) is 4.69. The number of aliphatic imine (C=N–C) groups is 1. The zero-order chi connectivity index (χ0) is 20.9. The van der Waals surface area contributed by atoms with E-state index < -0.39 is 71.2 Å². The van der Waals surface area contributed by atoms with Crippen LogP contribution >= 0.6 is 15.6 Å². The largest absolute Gasteiger partial charge is 1.00 e. The maximum Gasteiger partial charge on any atom is 1.00 e. The zero-order valence-electron chi connectivity index (χ0n) is 16.9. The van der Waals surface area contributed by atoms with Gasteiger partial charge in [0.15, 0.2) is 6.29 Å². The van der Waals surface area contributed by atoms with Gasteiger partial charge in [-0.3, -0.25) is 30.2 Å². The molecule has 0 spiro atoms. The van der Waals surface area contributed by atoms with Gasteiger partial charge in [0.25, 0.3) is 0 Å². The molecule has 3 rings (SSSR count). The summed E-state index contributed by atoms with van der Waals surface area (Å²) in [7, 11) is -11.1. The Bertz CT molecular complexity index is 734. The van der Waals surface area contributed by atoms with E-state index in [2.05, 4.69) is 24.5 Å². The molecule has 3 aliphatic heterocycles. The fraction of sp³-hybridized carbons (Fsp3) is 0.900. The summed E-state index contributed by atoms with van der Waals surface area (Å²) in [4.78, 5) is 35.1. The molecule has 16 nitrogen and oxygen atoms in total.